The maximum atomic E-state index is 11.3. The minimum absolute atomic E-state index is 0.177. The van der Waals surface area contributed by atoms with Crippen molar-refractivity contribution in [2.24, 2.45) is 0 Å². The molecular weight excluding hydrogens is 415 g/mol. The van der Waals surface area contributed by atoms with E-state index in [4.69, 9.17) is 28.7 Å². The lowest BCUT2D eigenvalue weighted by molar-refractivity contribution is 0.0698. The number of carboxylic acids is 1. The molecule has 0 aliphatic rings. The SMILES string of the molecule is CCOc1ccc(/C=C/c2nc3c(C(=O)O)cccc3[nH]2)cc1OC.O=P(O)(O)O. The number of carbonyl (C=O) groups is 1. The molecule has 0 bridgehead atoms. The largest absolute Gasteiger partial charge is 0.493 e. The van der Waals surface area contributed by atoms with Crippen LogP contribution in [0.4, 0.5) is 0 Å². The van der Waals surface area contributed by atoms with Crippen LogP contribution in [-0.2, 0) is 4.57 Å². The smallest absolute Gasteiger partial charge is 0.466 e. The highest BCUT2D eigenvalue weighted by Crippen LogP contribution is 2.29. The van der Waals surface area contributed by atoms with Gasteiger partial charge in [-0.2, -0.15) is 0 Å². The van der Waals surface area contributed by atoms with E-state index < -0.39 is 13.8 Å². The molecule has 2 aromatic carbocycles. The van der Waals surface area contributed by atoms with E-state index in [0.717, 1.165) is 5.56 Å². The Morgan fingerprint density at radius 2 is 1.87 bits per heavy atom. The Morgan fingerprint density at radius 3 is 2.47 bits per heavy atom. The van der Waals surface area contributed by atoms with E-state index >= 15 is 0 Å². The Morgan fingerprint density at radius 1 is 1.17 bits per heavy atom. The number of carboxylic acid groups (broad SMARTS) is 1. The zero-order chi connectivity index (χ0) is 22.3. The summed E-state index contributed by atoms with van der Waals surface area (Å²) in [5, 5.41) is 9.23. The van der Waals surface area contributed by atoms with Crippen molar-refractivity contribution in [2.45, 2.75) is 6.92 Å². The Hall–Kier alpha value is -3.17. The first kappa shape index (κ1) is 23.1. The van der Waals surface area contributed by atoms with Gasteiger partial charge in [-0.3, -0.25) is 0 Å². The Kier molecular flexibility index (Phi) is 7.73. The molecule has 0 spiro atoms. The average Bonchev–Trinajstić information content (AvgIpc) is 3.09. The second-order valence-electron chi connectivity index (χ2n) is 5.82. The number of nitrogens with zero attached hydrogens (tertiary/aromatic N) is 1. The molecule has 0 saturated heterocycles. The molecule has 5 N–H and O–H groups in total. The first-order valence-electron chi connectivity index (χ1n) is 8.61. The molecule has 11 heteroatoms. The number of H-pyrrole nitrogens is 1. The number of para-hydroxylation sites is 1. The van der Waals surface area contributed by atoms with Crippen LogP contribution in [0.5, 0.6) is 11.5 Å². The summed E-state index contributed by atoms with van der Waals surface area (Å²) < 4.78 is 19.7. The lowest BCUT2D eigenvalue weighted by Crippen LogP contribution is -1.96. The van der Waals surface area contributed by atoms with Gasteiger partial charge in [-0.15, -0.1) is 0 Å². The predicted molar refractivity (Wildman–Crippen MR) is 110 cm³/mol. The molecule has 0 amide bonds. The number of benzene rings is 2. The highest BCUT2D eigenvalue weighted by atomic mass is 31.2. The van der Waals surface area contributed by atoms with Gasteiger partial charge in [0, 0.05) is 0 Å². The summed E-state index contributed by atoms with van der Waals surface area (Å²) in [5.74, 6) is 0.930. The van der Waals surface area contributed by atoms with Gasteiger partial charge in [0.25, 0.3) is 0 Å². The summed E-state index contributed by atoms with van der Waals surface area (Å²) in [7, 11) is -3.04. The van der Waals surface area contributed by atoms with Gasteiger partial charge < -0.3 is 34.2 Å². The van der Waals surface area contributed by atoms with Crippen molar-refractivity contribution in [3.63, 3.8) is 0 Å². The zero-order valence-corrected chi connectivity index (χ0v) is 17.0. The third-order valence-corrected chi connectivity index (χ3v) is 3.68. The van der Waals surface area contributed by atoms with Crippen LogP contribution in [-0.4, -0.2) is 49.4 Å². The van der Waals surface area contributed by atoms with Crippen LogP contribution in [0.1, 0.15) is 28.7 Å². The summed E-state index contributed by atoms with van der Waals surface area (Å²) in [5.41, 5.74) is 2.22. The molecule has 0 saturated carbocycles. The Balaban J connectivity index is 0.000000575. The summed E-state index contributed by atoms with van der Waals surface area (Å²) in [6.45, 7) is 2.48. The third kappa shape index (κ3) is 6.71. The van der Waals surface area contributed by atoms with Crippen LogP contribution in [0.15, 0.2) is 36.4 Å². The van der Waals surface area contributed by atoms with Gasteiger partial charge in [0.2, 0.25) is 0 Å². The van der Waals surface area contributed by atoms with Crippen molar-refractivity contribution in [2.75, 3.05) is 13.7 Å². The molecule has 0 radical (unpaired) electrons. The number of rotatable bonds is 6. The second kappa shape index (κ2) is 10.0. The van der Waals surface area contributed by atoms with Crippen molar-refractivity contribution < 1.29 is 38.6 Å². The molecule has 10 nitrogen and oxygen atoms in total. The number of aromatic amines is 1. The van der Waals surface area contributed by atoms with Gasteiger partial charge >= 0.3 is 13.8 Å². The van der Waals surface area contributed by atoms with Crippen LogP contribution in [0.25, 0.3) is 23.2 Å². The molecule has 1 heterocycles. The number of hydrogen-bond acceptors (Lipinski definition) is 5. The number of aromatic carboxylic acids is 1. The summed E-state index contributed by atoms with van der Waals surface area (Å²) in [6, 6.07) is 10.7. The normalized spacial score (nSPS) is 11.2. The molecule has 160 valence electrons. The number of aromatic nitrogens is 2. The second-order valence-corrected chi connectivity index (χ2v) is 6.85. The molecule has 3 rings (SSSR count). The van der Waals surface area contributed by atoms with E-state index in [2.05, 4.69) is 9.97 Å². The van der Waals surface area contributed by atoms with E-state index in [1.165, 1.54) is 6.07 Å². The van der Waals surface area contributed by atoms with E-state index in [1.807, 2.05) is 31.2 Å². The van der Waals surface area contributed by atoms with Crippen molar-refractivity contribution in [1.82, 2.24) is 9.97 Å². The molecule has 30 heavy (non-hydrogen) atoms. The molecule has 0 unspecified atom stereocenters. The molecule has 0 aliphatic heterocycles. The molecule has 1 aromatic heterocycles. The highest BCUT2D eigenvalue weighted by Gasteiger charge is 2.11. The van der Waals surface area contributed by atoms with Crippen molar-refractivity contribution >= 4 is 37.0 Å². The number of imidazole rings is 1. The molecule has 3 aromatic rings. The first-order valence-corrected chi connectivity index (χ1v) is 10.2. The fraction of sp³-hybridized carbons (Fsp3) is 0.158. The number of hydrogen-bond donors (Lipinski definition) is 5. The number of fused-ring (bicyclic) bond motifs is 1. The van der Waals surface area contributed by atoms with Gasteiger partial charge in [-0.1, -0.05) is 18.2 Å². The number of ether oxygens (including phenoxy) is 2. The van der Waals surface area contributed by atoms with Crippen molar-refractivity contribution in [3.05, 3.63) is 53.3 Å². The van der Waals surface area contributed by atoms with Crippen LogP contribution >= 0.6 is 7.82 Å². The van der Waals surface area contributed by atoms with Gasteiger partial charge in [-0.25, -0.2) is 14.3 Å². The number of phosphoric acid groups is 1. The average molecular weight is 436 g/mol. The van der Waals surface area contributed by atoms with Crippen LogP contribution in [0, 0.1) is 0 Å². The van der Waals surface area contributed by atoms with Crippen LogP contribution < -0.4 is 9.47 Å². The highest BCUT2D eigenvalue weighted by molar-refractivity contribution is 7.45. The fourth-order valence-corrected chi connectivity index (χ4v) is 2.54. The van der Waals surface area contributed by atoms with E-state index in [0.29, 0.717) is 35.0 Å². The van der Waals surface area contributed by atoms with Gasteiger partial charge in [0.05, 0.1) is 24.8 Å². The fourth-order valence-electron chi connectivity index (χ4n) is 2.54. The van der Waals surface area contributed by atoms with E-state index in [-0.39, 0.29) is 5.56 Å². The summed E-state index contributed by atoms with van der Waals surface area (Å²) >= 11 is 0. The maximum Gasteiger partial charge on any atom is 0.466 e. The minimum atomic E-state index is -4.64. The molecule has 0 aliphatic carbocycles. The first-order chi connectivity index (χ1) is 14.1. The standard InChI is InChI=1S/C19H18N2O4.H3O4P/c1-3-25-15-9-7-12(11-16(15)24-2)8-10-17-20-14-6-4-5-13(19(22)23)18(14)21-17;1-5(2,3)4/h4-11H,3H2,1-2H3,(H,20,21)(H,22,23);(H3,1,2,3,4)/b10-8+;. The van der Waals surface area contributed by atoms with Gasteiger partial charge in [-0.05, 0) is 42.8 Å². The number of methoxy groups -OCH3 is 1. The minimum Gasteiger partial charge on any atom is -0.493 e. The predicted octanol–water partition coefficient (Wildman–Crippen LogP) is 2.91. The quantitative estimate of drug-likeness (QED) is 0.366. The Labute approximate surface area is 171 Å². The number of nitrogens with one attached hydrogen (secondary N) is 1. The van der Waals surface area contributed by atoms with Crippen LogP contribution in [0.2, 0.25) is 0 Å². The molecule has 0 atom stereocenters. The topological polar surface area (TPSA) is 162 Å². The summed E-state index contributed by atoms with van der Waals surface area (Å²) in [6.07, 6.45) is 3.66. The van der Waals surface area contributed by atoms with Crippen molar-refractivity contribution in [3.8, 4) is 11.5 Å². The maximum absolute atomic E-state index is 11.3. The monoisotopic (exact) mass is 436 g/mol. The van der Waals surface area contributed by atoms with Crippen LogP contribution in [0.3, 0.4) is 0 Å². The zero-order valence-electron chi connectivity index (χ0n) is 16.1. The van der Waals surface area contributed by atoms with Gasteiger partial charge in [0.1, 0.15) is 11.3 Å². The third-order valence-electron chi connectivity index (χ3n) is 3.68. The lowest BCUT2D eigenvalue weighted by Gasteiger charge is -2.09. The van der Waals surface area contributed by atoms with E-state index in [1.54, 1.807) is 25.3 Å². The lowest BCUT2D eigenvalue weighted by atomic mass is 10.2. The molecule has 0 fully saturated rings. The summed E-state index contributed by atoms with van der Waals surface area (Å²) in [4.78, 5) is 40.3. The van der Waals surface area contributed by atoms with Crippen molar-refractivity contribution in [1.29, 1.82) is 0 Å². The van der Waals surface area contributed by atoms with E-state index in [9.17, 15) is 9.90 Å². The van der Waals surface area contributed by atoms with Gasteiger partial charge in [0.15, 0.2) is 11.5 Å². The Bertz CT molecular complexity index is 1090. The molecular formula is C19H21N2O8P.